The van der Waals surface area contributed by atoms with Crippen LogP contribution in [0.15, 0.2) is 0 Å². The van der Waals surface area contributed by atoms with Gasteiger partial charge in [-0.25, -0.2) is 4.79 Å². The summed E-state index contributed by atoms with van der Waals surface area (Å²) in [6.07, 6.45) is -0.874. The van der Waals surface area contributed by atoms with Gasteiger partial charge in [-0.3, -0.25) is 9.59 Å². The summed E-state index contributed by atoms with van der Waals surface area (Å²) in [6.45, 7) is 10.4. The molecular weight excluding hydrogens is 290 g/mol. The minimum Gasteiger partial charge on any atom is -0.481 e. The van der Waals surface area contributed by atoms with Crippen LogP contribution in [0.2, 0.25) is 0 Å². The van der Waals surface area contributed by atoms with Gasteiger partial charge in [0, 0.05) is 13.1 Å². The molecular formula is C15H27NO6. The molecule has 0 aromatic carbocycles. The molecule has 0 rings (SSSR count). The maximum Gasteiger partial charge on any atom is 0.410 e. The molecule has 0 saturated heterocycles. The predicted octanol–water partition coefficient (Wildman–Crippen LogP) is 2.43. The second kappa shape index (κ2) is 8.00. The van der Waals surface area contributed by atoms with Crippen LogP contribution in [-0.4, -0.2) is 52.3 Å². The van der Waals surface area contributed by atoms with Gasteiger partial charge in [0.25, 0.3) is 0 Å². The van der Waals surface area contributed by atoms with Gasteiger partial charge in [-0.15, -0.1) is 0 Å². The summed E-state index contributed by atoms with van der Waals surface area (Å²) >= 11 is 0. The van der Waals surface area contributed by atoms with Gasteiger partial charge >= 0.3 is 18.0 Å². The van der Waals surface area contributed by atoms with Crippen molar-refractivity contribution in [2.75, 3.05) is 13.1 Å². The molecule has 0 fully saturated rings. The molecule has 0 heterocycles. The summed E-state index contributed by atoms with van der Waals surface area (Å²) in [4.78, 5) is 35.6. The number of hydrogen-bond acceptors (Lipinski definition) is 5. The normalized spacial score (nSPS) is 11.7. The number of esters is 1. The van der Waals surface area contributed by atoms with E-state index in [9.17, 15) is 14.4 Å². The number of carboxylic acids is 1. The summed E-state index contributed by atoms with van der Waals surface area (Å²) < 4.78 is 10.4. The molecule has 0 aliphatic heterocycles. The van der Waals surface area contributed by atoms with E-state index < -0.39 is 29.2 Å². The Bertz CT molecular complexity index is 405. The van der Waals surface area contributed by atoms with Gasteiger partial charge in [-0.1, -0.05) is 0 Å². The van der Waals surface area contributed by atoms with E-state index in [1.165, 1.54) is 4.90 Å². The molecule has 0 atom stereocenters. The number of hydrogen-bond donors (Lipinski definition) is 1. The zero-order chi connectivity index (χ0) is 17.6. The average Bonchev–Trinajstić information content (AvgIpc) is 2.23. The van der Waals surface area contributed by atoms with E-state index in [0.29, 0.717) is 0 Å². The molecule has 0 aromatic rings. The van der Waals surface area contributed by atoms with Crippen LogP contribution in [0.5, 0.6) is 0 Å². The zero-order valence-electron chi connectivity index (χ0n) is 14.3. The van der Waals surface area contributed by atoms with Crippen LogP contribution in [0.1, 0.15) is 54.4 Å². The van der Waals surface area contributed by atoms with Crippen molar-refractivity contribution in [2.45, 2.75) is 65.6 Å². The van der Waals surface area contributed by atoms with Crippen molar-refractivity contribution in [2.24, 2.45) is 0 Å². The molecule has 0 radical (unpaired) electrons. The predicted molar refractivity (Wildman–Crippen MR) is 80.5 cm³/mol. The fraction of sp³-hybridized carbons (Fsp3) is 0.800. The first-order valence-electron chi connectivity index (χ1n) is 7.22. The molecule has 0 bridgehead atoms. The van der Waals surface area contributed by atoms with Crippen LogP contribution >= 0.6 is 0 Å². The lowest BCUT2D eigenvalue weighted by atomic mass is 10.2. The van der Waals surface area contributed by atoms with Crippen molar-refractivity contribution in [1.29, 1.82) is 0 Å². The maximum atomic E-state index is 12.0. The van der Waals surface area contributed by atoms with Gasteiger partial charge in [0.15, 0.2) is 0 Å². The second-order valence-corrected chi connectivity index (χ2v) is 6.95. The van der Waals surface area contributed by atoms with Crippen LogP contribution in [-0.2, 0) is 19.1 Å². The molecule has 0 saturated carbocycles. The Kier molecular flexibility index (Phi) is 7.35. The Labute approximate surface area is 131 Å². The molecule has 0 spiro atoms. The summed E-state index contributed by atoms with van der Waals surface area (Å²) in [5.41, 5.74) is -1.29. The Morgan fingerprint density at radius 2 is 1.32 bits per heavy atom. The van der Waals surface area contributed by atoms with E-state index in [2.05, 4.69) is 0 Å². The topological polar surface area (TPSA) is 93.1 Å². The Hall–Kier alpha value is -1.79. The lowest BCUT2D eigenvalue weighted by molar-refractivity contribution is -0.155. The quantitative estimate of drug-likeness (QED) is 0.756. The third kappa shape index (κ3) is 10.9. The van der Waals surface area contributed by atoms with Gasteiger partial charge in [0.2, 0.25) is 0 Å². The number of carbonyl (C=O) groups is 3. The van der Waals surface area contributed by atoms with Crippen LogP contribution < -0.4 is 0 Å². The molecule has 0 unspecified atom stereocenters. The van der Waals surface area contributed by atoms with Gasteiger partial charge in [0.1, 0.15) is 11.2 Å². The lowest BCUT2D eigenvalue weighted by Crippen LogP contribution is -2.39. The van der Waals surface area contributed by atoms with E-state index in [1.54, 1.807) is 41.5 Å². The highest BCUT2D eigenvalue weighted by Crippen LogP contribution is 2.12. The smallest absolute Gasteiger partial charge is 0.410 e. The molecule has 1 N–H and O–H groups in total. The van der Waals surface area contributed by atoms with Gasteiger partial charge in [-0.2, -0.15) is 0 Å². The fourth-order valence-corrected chi connectivity index (χ4v) is 1.47. The largest absolute Gasteiger partial charge is 0.481 e. The minimum absolute atomic E-state index is 0.0177. The van der Waals surface area contributed by atoms with Gasteiger partial charge in [0.05, 0.1) is 12.8 Å². The first-order chi connectivity index (χ1) is 9.80. The standard InChI is InChI=1S/C15H27NO6/c1-14(2,3)21-12(19)8-10-16(9-7-11(17)18)13(20)22-15(4,5)6/h7-10H2,1-6H3,(H,17,18). The molecule has 0 aliphatic rings. The van der Waals surface area contributed by atoms with Crippen molar-refractivity contribution in [1.82, 2.24) is 4.90 Å². The Morgan fingerprint density at radius 3 is 1.73 bits per heavy atom. The van der Waals surface area contributed by atoms with E-state index in [1.807, 2.05) is 0 Å². The molecule has 128 valence electrons. The molecule has 0 aromatic heterocycles. The zero-order valence-corrected chi connectivity index (χ0v) is 14.3. The third-order valence-electron chi connectivity index (χ3n) is 2.25. The number of nitrogens with zero attached hydrogens (tertiary/aromatic N) is 1. The number of carbonyl (C=O) groups excluding carboxylic acids is 2. The van der Waals surface area contributed by atoms with Gasteiger partial charge < -0.3 is 19.5 Å². The Morgan fingerprint density at radius 1 is 0.864 bits per heavy atom. The first-order valence-corrected chi connectivity index (χ1v) is 7.22. The maximum absolute atomic E-state index is 12.0. The molecule has 22 heavy (non-hydrogen) atoms. The fourth-order valence-electron chi connectivity index (χ4n) is 1.47. The highest BCUT2D eigenvalue weighted by atomic mass is 16.6. The van der Waals surface area contributed by atoms with Crippen molar-refractivity contribution in [3.63, 3.8) is 0 Å². The van der Waals surface area contributed by atoms with Crippen LogP contribution in [0.25, 0.3) is 0 Å². The highest BCUT2D eigenvalue weighted by Gasteiger charge is 2.24. The average molecular weight is 317 g/mol. The molecule has 7 heteroatoms. The SMILES string of the molecule is CC(C)(C)OC(=O)CCN(CCC(=O)O)C(=O)OC(C)(C)C. The summed E-state index contributed by atoms with van der Waals surface area (Å²) in [5.74, 6) is -1.47. The van der Waals surface area contributed by atoms with E-state index in [4.69, 9.17) is 14.6 Å². The van der Waals surface area contributed by atoms with E-state index >= 15 is 0 Å². The van der Waals surface area contributed by atoms with Crippen LogP contribution in [0.3, 0.4) is 0 Å². The number of carboxylic acid groups (broad SMARTS) is 1. The number of amides is 1. The summed E-state index contributed by atoms with van der Waals surface area (Å²) in [6, 6.07) is 0. The first kappa shape index (κ1) is 20.2. The highest BCUT2D eigenvalue weighted by molar-refractivity contribution is 5.73. The molecule has 1 amide bonds. The minimum atomic E-state index is -1.02. The number of ether oxygens (including phenoxy) is 2. The van der Waals surface area contributed by atoms with Crippen LogP contribution in [0, 0.1) is 0 Å². The third-order valence-corrected chi connectivity index (χ3v) is 2.25. The van der Waals surface area contributed by atoms with E-state index in [-0.39, 0.29) is 25.9 Å². The lowest BCUT2D eigenvalue weighted by Gasteiger charge is -2.27. The van der Waals surface area contributed by atoms with Crippen molar-refractivity contribution in [3.05, 3.63) is 0 Å². The Balaban J connectivity index is 4.63. The van der Waals surface area contributed by atoms with Gasteiger partial charge in [-0.05, 0) is 41.5 Å². The van der Waals surface area contributed by atoms with Crippen molar-refractivity contribution in [3.8, 4) is 0 Å². The monoisotopic (exact) mass is 317 g/mol. The van der Waals surface area contributed by atoms with Crippen molar-refractivity contribution >= 4 is 18.0 Å². The summed E-state index contributed by atoms with van der Waals surface area (Å²) in [5, 5.41) is 8.74. The second-order valence-electron chi connectivity index (χ2n) is 6.95. The van der Waals surface area contributed by atoms with Crippen molar-refractivity contribution < 1.29 is 29.0 Å². The molecule has 7 nitrogen and oxygen atoms in total. The van der Waals surface area contributed by atoms with E-state index in [0.717, 1.165) is 0 Å². The number of rotatable bonds is 6. The number of aliphatic carboxylic acids is 1. The molecule has 0 aliphatic carbocycles. The summed E-state index contributed by atoms with van der Waals surface area (Å²) in [7, 11) is 0. The van der Waals surface area contributed by atoms with Crippen LogP contribution in [0.4, 0.5) is 4.79 Å².